The molecule has 0 bridgehead atoms. The van der Waals surface area contributed by atoms with Crippen LogP contribution in [0, 0.1) is 19.8 Å². The van der Waals surface area contributed by atoms with E-state index in [9.17, 15) is 9.59 Å². The van der Waals surface area contributed by atoms with Crippen LogP contribution in [0.1, 0.15) is 53.1 Å². The van der Waals surface area contributed by atoms with Gasteiger partial charge in [0, 0.05) is 22.9 Å². The first kappa shape index (κ1) is 18.6. The second kappa shape index (κ2) is 7.36. The van der Waals surface area contributed by atoms with Gasteiger partial charge in [-0.25, -0.2) is 0 Å². The number of hydrogen-bond acceptors (Lipinski definition) is 4. The van der Waals surface area contributed by atoms with Gasteiger partial charge in [0.2, 0.25) is 0 Å². The topological polar surface area (TPSA) is 70.5 Å². The molecule has 1 aliphatic rings. The molecule has 146 valence electrons. The zero-order valence-corrected chi connectivity index (χ0v) is 16.6. The van der Waals surface area contributed by atoms with Crippen molar-refractivity contribution in [1.82, 2.24) is 19.5 Å². The Labute approximate surface area is 164 Å². The summed E-state index contributed by atoms with van der Waals surface area (Å²) in [7, 11) is 0. The van der Waals surface area contributed by atoms with E-state index in [0.717, 1.165) is 36.3 Å². The number of ketones is 1. The Bertz CT molecular complexity index is 1070. The first-order chi connectivity index (χ1) is 13.4. The van der Waals surface area contributed by atoms with Gasteiger partial charge in [0.15, 0.2) is 5.78 Å². The molecular formula is C22H26N4O2. The summed E-state index contributed by atoms with van der Waals surface area (Å²) in [6, 6.07) is 11.4. The minimum Gasteiger partial charge on any atom is -0.343 e. The highest BCUT2D eigenvalue weighted by Crippen LogP contribution is 2.33. The second-order valence-corrected chi connectivity index (χ2v) is 7.95. The van der Waals surface area contributed by atoms with E-state index in [1.807, 2.05) is 50.2 Å². The van der Waals surface area contributed by atoms with Gasteiger partial charge in [0.25, 0.3) is 5.56 Å². The Morgan fingerprint density at radius 2 is 2.00 bits per heavy atom. The number of Topliss-reactive ketones (excluding diaryl/α,β-unsaturated/α-hetero) is 1. The van der Waals surface area contributed by atoms with Crippen LogP contribution in [-0.4, -0.2) is 38.4 Å². The van der Waals surface area contributed by atoms with Gasteiger partial charge in [0.05, 0.1) is 18.3 Å². The molecule has 3 aromatic rings. The molecule has 2 aromatic heterocycles. The van der Waals surface area contributed by atoms with E-state index in [1.165, 1.54) is 4.52 Å². The fourth-order valence-electron chi connectivity index (χ4n) is 4.00. The van der Waals surface area contributed by atoms with E-state index < -0.39 is 0 Å². The van der Waals surface area contributed by atoms with Crippen molar-refractivity contribution in [2.24, 2.45) is 5.92 Å². The number of rotatable bonds is 4. The summed E-state index contributed by atoms with van der Waals surface area (Å²) in [5.41, 5.74) is 3.73. The van der Waals surface area contributed by atoms with E-state index in [0.29, 0.717) is 23.7 Å². The number of likely N-dealkylation sites (tertiary alicyclic amines) is 1. The van der Waals surface area contributed by atoms with Crippen molar-refractivity contribution in [3.63, 3.8) is 0 Å². The lowest BCUT2D eigenvalue weighted by Crippen LogP contribution is -2.39. The number of aryl methyl sites for hydroxylation is 1. The molecular weight excluding hydrogens is 352 g/mol. The van der Waals surface area contributed by atoms with E-state index in [1.54, 1.807) is 0 Å². The van der Waals surface area contributed by atoms with Crippen molar-refractivity contribution in [3.8, 4) is 0 Å². The summed E-state index contributed by atoms with van der Waals surface area (Å²) in [6.07, 6.45) is 1.99. The molecule has 1 N–H and O–H groups in total. The van der Waals surface area contributed by atoms with E-state index in [4.69, 9.17) is 0 Å². The maximum absolute atomic E-state index is 12.8. The summed E-state index contributed by atoms with van der Waals surface area (Å²) in [5.74, 6) is 0.670. The van der Waals surface area contributed by atoms with Crippen molar-refractivity contribution >= 4 is 11.4 Å². The van der Waals surface area contributed by atoms with Crippen molar-refractivity contribution in [3.05, 3.63) is 69.3 Å². The summed E-state index contributed by atoms with van der Waals surface area (Å²) in [4.78, 5) is 30.8. The summed E-state index contributed by atoms with van der Waals surface area (Å²) < 4.78 is 1.45. The molecule has 6 nitrogen and oxygen atoms in total. The van der Waals surface area contributed by atoms with Crippen LogP contribution >= 0.6 is 0 Å². The molecule has 0 spiro atoms. The molecule has 0 amide bonds. The number of nitrogens with one attached hydrogen (secondary N) is 1. The van der Waals surface area contributed by atoms with Crippen LogP contribution in [0.4, 0.5) is 0 Å². The monoisotopic (exact) mass is 378 g/mol. The number of carbonyl (C=O) groups is 1. The number of aromatic amines is 1. The number of H-pyrrole nitrogens is 1. The van der Waals surface area contributed by atoms with Crippen LogP contribution in [-0.2, 0) is 0 Å². The van der Waals surface area contributed by atoms with Crippen LogP contribution in [0.3, 0.4) is 0 Å². The molecule has 6 heteroatoms. The molecule has 0 aliphatic carbocycles. The molecule has 0 radical (unpaired) electrons. The fraction of sp³-hybridized carbons (Fsp3) is 0.409. The summed E-state index contributed by atoms with van der Waals surface area (Å²) in [6.45, 7) is 7.16. The van der Waals surface area contributed by atoms with E-state index in [2.05, 4.69) is 21.9 Å². The molecule has 1 fully saturated rings. The molecule has 28 heavy (non-hydrogen) atoms. The summed E-state index contributed by atoms with van der Waals surface area (Å²) in [5, 5.41) is 4.62. The molecule has 0 saturated carbocycles. The largest absolute Gasteiger partial charge is 0.343 e. The lowest BCUT2D eigenvalue weighted by Gasteiger charge is -2.37. The quantitative estimate of drug-likeness (QED) is 0.707. The zero-order valence-electron chi connectivity index (χ0n) is 16.6. The van der Waals surface area contributed by atoms with Crippen LogP contribution < -0.4 is 5.56 Å². The molecule has 1 saturated heterocycles. The number of piperidine rings is 1. The average molecular weight is 378 g/mol. The first-order valence-electron chi connectivity index (χ1n) is 9.85. The highest BCUT2D eigenvalue weighted by atomic mass is 16.1. The Hall–Kier alpha value is -2.73. The number of carbonyl (C=O) groups excluding carboxylic acids is 1. The van der Waals surface area contributed by atoms with Gasteiger partial charge in [0.1, 0.15) is 5.65 Å². The van der Waals surface area contributed by atoms with Crippen molar-refractivity contribution in [2.45, 2.75) is 39.7 Å². The highest BCUT2D eigenvalue weighted by Gasteiger charge is 2.31. The molecule has 2 unspecified atom stereocenters. The SMILES string of the molecule is Cc1[nH]c2cc(C3CC(C)CCN3CC(=O)c3ccccc3)nn2c(=O)c1C. The predicted octanol–water partition coefficient (Wildman–Crippen LogP) is 3.30. The third-order valence-corrected chi connectivity index (χ3v) is 5.88. The van der Waals surface area contributed by atoms with E-state index in [-0.39, 0.29) is 17.4 Å². The smallest absolute Gasteiger partial charge is 0.277 e. The number of nitrogens with zero attached hydrogens (tertiary/aromatic N) is 3. The summed E-state index contributed by atoms with van der Waals surface area (Å²) >= 11 is 0. The lowest BCUT2D eigenvalue weighted by molar-refractivity contribution is 0.0780. The van der Waals surface area contributed by atoms with Crippen LogP contribution in [0.25, 0.3) is 5.65 Å². The third-order valence-electron chi connectivity index (χ3n) is 5.88. The Morgan fingerprint density at radius 3 is 2.75 bits per heavy atom. The molecule has 4 rings (SSSR count). The van der Waals surface area contributed by atoms with Crippen molar-refractivity contribution in [2.75, 3.05) is 13.1 Å². The van der Waals surface area contributed by atoms with Gasteiger partial charge in [-0.15, -0.1) is 0 Å². The van der Waals surface area contributed by atoms with Gasteiger partial charge in [-0.2, -0.15) is 9.61 Å². The second-order valence-electron chi connectivity index (χ2n) is 7.95. The lowest BCUT2D eigenvalue weighted by atomic mass is 9.90. The van der Waals surface area contributed by atoms with Crippen LogP contribution in [0.15, 0.2) is 41.2 Å². The van der Waals surface area contributed by atoms with Crippen molar-refractivity contribution in [1.29, 1.82) is 0 Å². The Morgan fingerprint density at radius 1 is 1.25 bits per heavy atom. The zero-order chi connectivity index (χ0) is 19.8. The van der Waals surface area contributed by atoms with Gasteiger partial charge in [-0.3, -0.25) is 14.5 Å². The molecule has 1 aromatic carbocycles. The van der Waals surface area contributed by atoms with Crippen LogP contribution in [0.2, 0.25) is 0 Å². The number of hydrogen-bond donors (Lipinski definition) is 1. The molecule has 2 atom stereocenters. The van der Waals surface area contributed by atoms with Gasteiger partial charge in [-0.1, -0.05) is 37.3 Å². The number of fused-ring (bicyclic) bond motifs is 1. The minimum absolute atomic E-state index is 0.0322. The first-order valence-corrected chi connectivity index (χ1v) is 9.85. The van der Waals surface area contributed by atoms with E-state index >= 15 is 0 Å². The standard InChI is InChI=1S/C22H26N4O2/c1-14-9-10-25(13-20(27)17-7-5-4-6-8-17)19(11-14)18-12-21-23-16(3)15(2)22(28)26(21)24-18/h4-8,12,14,19,23H,9-11,13H2,1-3H3. The Balaban J connectivity index is 1.67. The third kappa shape index (κ3) is 3.40. The fourth-order valence-corrected chi connectivity index (χ4v) is 4.00. The minimum atomic E-state index is -0.0896. The van der Waals surface area contributed by atoms with Gasteiger partial charge >= 0.3 is 0 Å². The molecule has 3 heterocycles. The van der Waals surface area contributed by atoms with Crippen molar-refractivity contribution < 1.29 is 4.79 Å². The average Bonchev–Trinajstić information content (AvgIpc) is 3.12. The van der Waals surface area contributed by atoms with Gasteiger partial charge in [-0.05, 0) is 39.2 Å². The van der Waals surface area contributed by atoms with Crippen LogP contribution in [0.5, 0.6) is 0 Å². The predicted molar refractivity (Wildman–Crippen MR) is 109 cm³/mol. The number of aromatic nitrogens is 3. The maximum atomic E-state index is 12.8. The normalized spacial score (nSPS) is 20.5. The molecule has 1 aliphatic heterocycles. The Kier molecular flexibility index (Phi) is 4.89. The number of benzene rings is 1. The highest BCUT2D eigenvalue weighted by molar-refractivity contribution is 5.97. The maximum Gasteiger partial charge on any atom is 0.277 e. The van der Waals surface area contributed by atoms with Gasteiger partial charge < -0.3 is 4.98 Å².